The summed E-state index contributed by atoms with van der Waals surface area (Å²) in [5, 5.41) is 19.2. The molecule has 1 aromatic rings. The summed E-state index contributed by atoms with van der Waals surface area (Å²) in [5.74, 6) is -2.93. The second-order valence-corrected chi connectivity index (χ2v) is 4.46. The second-order valence-electron chi connectivity index (χ2n) is 4.46. The van der Waals surface area contributed by atoms with Crippen molar-refractivity contribution in [3.63, 3.8) is 0 Å². The van der Waals surface area contributed by atoms with Gasteiger partial charge in [-0.15, -0.1) is 0 Å². The van der Waals surface area contributed by atoms with Crippen LogP contribution in [0.1, 0.15) is 18.4 Å². The Morgan fingerprint density at radius 2 is 1.84 bits per heavy atom. The normalized spacial score (nSPS) is 23.5. The van der Waals surface area contributed by atoms with Crippen molar-refractivity contribution in [2.45, 2.75) is 24.8 Å². The largest absolute Gasteiger partial charge is 0.479 e. The average Bonchev–Trinajstić information content (AvgIpc) is 2.40. The molecule has 0 unspecified atom stereocenters. The van der Waals surface area contributed by atoms with Crippen molar-refractivity contribution in [1.82, 2.24) is 5.06 Å². The predicted octanol–water partition coefficient (Wildman–Crippen LogP) is 0.633. The molecule has 19 heavy (non-hydrogen) atoms. The van der Waals surface area contributed by atoms with Crippen LogP contribution in [0.2, 0.25) is 0 Å². The molecule has 100 valence electrons. The number of Topliss-reactive ketones (excluding diaryl/α,β-unsaturated/α-hetero) is 1. The number of carboxylic acids is 1. The van der Waals surface area contributed by atoms with Gasteiger partial charge in [-0.2, -0.15) is 5.06 Å². The van der Waals surface area contributed by atoms with E-state index in [9.17, 15) is 24.7 Å². The number of hydroxylamine groups is 2. The van der Waals surface area contributed by atoms with Gasteiger partial charge in [-0.3, -0.25) is 14.8 Å². The van der Waals surface area contributed by atoms with Crippen LogP contribution in [0.15, 0.2) is 30.3 Å². The van der Waals surface area contributed by atoms with Gasteiger partial charge in [-0.05, 0) is 5.56 Å². The van der Waals surface area contributed by atoms with Gasteiger partial charge in [0.15, 0.2) is 5.78 Å². The first-order chi connectivity index (χ1) is 8.98. The number of nitrogens with zero attached hydrogens (tertiary/aromatic N) is 1. The molecular formula is C13H13NO5. The number of ketones is 1. The molecular weight excluding hydrogens is 250 g/mol. The zero-order chi connectivity index (χ0) is 14.0. The average molecular weight is 263 g/mol. The molecule has 0 saturated carbocycles. The Kier molecular flexibility index (Phi) is 3.35. The maximum Gasteiger partial charge on any atom is 0.340 e. The van der Waals surface area contributed by atoms with Crippen LogP contribution in [-0.2, 0) is 20.8 Å². The molecule has 1 fully saturated rings. The molecule has 0 bridgehead atoms. The fourth-order valence-electron chi connectivity index (χ4n) is 2.21. The van der Waals surface area contributed by atoms with Crippen LogP contribution < -0.4 is 0 Å². The van der Waals surface area contributed by atoms with Gasteiger partial charge in [-0.1, -0.05) is 30.3 Å². The number of amides is 1. The smallest absolute Gasteiger partial charge is 0.340 e. The maximum atomic E-state index is 12.0. The highest BCUT2D eigenvalue weighted by atomic mass is 16.5. The minimum absolute atomic E-state index is 0.0775. The van der Waals surface area contributed by atoms with E-state index in [1.807, 2.05) is 0 Å². The Labute approximate surface area is 109 Å². The summed E-state index contributed by atoms with van der Waals surface area (Å²) in [6, 6.07) is 8.43. The van der Waals surface area contributed by atoms with Gasteiger partial charge in [0.1, 0.15) is 0 Å². The molecule has 1 aromatic carbocycles. The molecule has 6 heteroatoms. The van der Waals surface area contributed by atoms with E-state index in [1.54, 1.807) is 30.3 Å². The van der Waals surface area contributed by atoms with Crippen molar-refractivity contribution in [1.29, 1.82) is 0 Å². The summed E-state index contributed by atoms with van der Waals surface area (Å²) >= 11 is 0. The molecule has 0 aromatic heterocycles. The van der Waals surface area contributed by atoms with E-state index in [-0.39, 0.29) is 24.3 Å². The van der Waals surface area contributed by atoms with Gasteiger partial charge in [0.25, 0.3) is 0 Å². The number of rotatable bonds is 3. The topological polar surface area (TPSA) is 94.9 Å². The zero-order valence-corrected chi connectivity index (χ0v) is 10.1. The van der Waals surface area contributed by atoms with Crippen LogP contribution in [0.25, 0.3) is 0 Å². The Morgan fingerprint density at radius 3 is 2.42 bits per heavy atom. The van der Waals surface area contributed by atoms with Gasteiger partial charge in [0.2, 0.25) is 11.4 Å². The molecule has 1 heterocycles. The van der Waals surface area contributed by atoms with E-state index < -0.39 is 23.2 Å². The molecule has 1 aliphatic heterocycles. The van der Waals surface area contributed by atoms with Crippen molar-refractivity contribution in [2.75, 3.05) is 0 Å². The monoisotopic (exact) mass is 263 g/mol. The van der Waals surface area contributed by atoms with Crippen LogP contribution in [0.4, 0.5) is 0 Å². The zero-order valence-electron chi connectivity index (χ0n) is 10.1. The lowest BCUT2D eigenvalue weighted by Gasteiger charge is -2.38. The molecule has 0 aliphatic carbocycles. The van der Waals surface area contributed by atoms with Gasteiger partial charge >= 0.3 is 5.97 Å². The summed E-state index contributed by atoms with van der Waals surface area (Å²) < 4.78 is 0. The quantitative estimate of drug-likeness (QED) is 0.616. The first kappa shape index (κ1) is 13.2. The molecule has 0 spiro atoms. The molecule has 0 radical (unpaired) electrons. The van der Waals surface area contributed by atoms with Crippen LogP contribution in [0, 0.1) is 0 Å². The Balaban J connectivity index is 2.44. The van der Waals surface area contributed by atoms with E-state index in [0.29, 0.717) is 5.56 Å². The Morgan fingerprint density at radius 1 is 1.21 bits per heavy atom. The molecule has 2 N–H and O–H groups in total. The Bertz CT molecular complexity index is 527. The standard InChI is InChI=1S/C13H13NO5/c15-10-6-7-11(16)14(19)13(10,12(17)18)8-9-4-2-1-3-5-9/h1-5,19H,6-8H2,(H,17,18)/t13-/m1/s1. The number of carbonyl (C=O) groups excluding carboxylic acids is 2. The highest BCUT2D eigenvalue weighted by Crippen LogP contribution is 2.28. The minimum Gasteiger partial charge on any atom is -0.479 e. The van der Waals surface area contributed by atoms with Crippen LogP contribution in [0.5, 0.6) is 0 Å². The summed E-state index contributed by atoms with van der Waals surface area (Å²) in [6.45, 7) is 0. The fraction of sp³-hybridized carbons (Fsp3) is 0.308. The molecule has 1 atom stereocenters. The van der Waals surface area contributed by atoms with Crippen molar-refractivity contribution >= 4 is 17.7 Å². The highest BCUT2D eigenvalue weighted by Gasteiger charge is 2.55. The lowest BCUT2D eigenvalue weighted by atomic mass is 9.81. The lowest BCUT2D eigenvalue weighted by molar-refractivity contribution is -0.211. The van der Waals surface area contributed by atoms with E-state index in [4.69, 9.17) is 0 Å². The van der Waals surface area contributed by atoms with Crippen LogP contribution in [0.3, 0.4) is 0 Å². The Hall–Kier alpha value is -2.21. The molecule has 2 rings (SSSR count). The van der Waals surface area contributed by atoms with E-state index in [1.165, 1.54) is 0 Å². The third-order valence-electron chi connectivity index (χ3n) is 3.28. The third kappa shape index (κ3) is 2.10. The predicted molar refractivity (Wildman–Crippen MR) is 63.4 cm³/mol. The first-order valence-electron chi connectivity index (χ1n) is 5.81. The maximum absolute atomic E-state index is 12.0. The third-order valence-corrected chi connectivity index (χ3v) is 3.28. The highest BCUT2D eigenvalue weighted by molar-refractivity contribution is 6.12. The lowest BCUT2D eigenvalue weighted by Crippen LogP contribution is -2.64. The van der Waals surface area contributed by atoms with Gasteiger partial charge in [-0.25, -0.2) is 4.79 Å². The summed E-state index contributed by atoms with van der Waals surface area (Å²) in [7, 11) is 0. The fourth-order valence-corrected chi connectivity index (χ4v) is 2.21. The van der Waals surface area contributed by atoms with Gasteiger partial charge in [0.05, 0.1) is 0 Å². The second kappa shape index (κ2) is 4.81. The van der Waals surface area contributed by atoms with Crippen molar-refractivity contribution in [3.05, 3.63) is 35.9 Å². The number of piperidine rings is 1. The van der Waals surface area contributed by atoms with Crippen LogP contribution in [-0.4, -0.2) is 38.6 Å². The minimum atomic E-state index is -2.21. The first-order valence-corrected chi connectivity index (χ1v) is 5.81. The van der Waals surface area contributed by atoms with E-state index in [0.717, 1.165) is 0 Å². The number of carbonyl (C=O) groups is 3. The summed E-state index contributed by atoms with van der Waals surface area (Å²) in [5.41, 5.74) is -1.65. The number of carboxylic acid groups (broad SMARTS) is 1. The van der Waals surface area contributed by atoms with Gasteiger partial charge in [0, 0.05) is 19.3 Å². The number of hydrogen-bond acceptors (Lipinski definition) is 4. The molecule has 1 amide bonds. The number of hydrogen-bond donors (Lipinski definition) is 2. The van der Waals surface area contributed by atoms with E-state index in [2.05, 4.69) is 0 Å². The van der Waals surface area contributed by atoms with Gasteiger partial charge < -0.3 is 5.11 Å². The van der Waals surface area contributed by atoms with Crippen molar-refractivity contribution in [3.8, 4) is 0 Å². The number of benzene rings is 1. The SMILES string of the molecule is O=C1CCC(=O)[C@](Cc2ccccc2)(C(=O)O)N1O. The van der Waals surface area contributed by atoms with E-state index >= 15 is 0 Å². The molecule has 1 aliphatic rings. The number of aliphatic carboxylic acids is 1. The van der Waals surface area contributed by atoms with Crippen molar-refractivity contribution in [2.24, 2.45) is 0 Å². The summed E-state index contributed by atoms with van der Waals surface area (Å²) in [4.78, 5) is 35.0. The van der Waals surface area contributed by atoms with Crippen LogP contribution >= 0.6 is 0 Å². The molecule has 6 nitrogen and oxygen atoms in total. The summed E-state index contributed by atoms with van der Waals surface area (Å²) in [6.07, 6.45) is -0.585. The molecule has 1 saturated heterocycles. The van der Waals surface area contributed by atoms with Crippen molar-refractivity contribution < 1.29 is 24.7 Å².